The van der Waals surface area contributed by atoms with Gasteiger partial charge in [0.15, 0.2) is 0 Å². The molecule has 1 saturated carbocycles. The van der Waals surface area contributed by atoms with Crippen molar-refractivity contribution in [2.24, 2.45) is 0 Å². The van der Waals surface area contributed by atoms with E-state index in [0.29, 0.717) is 12.8 Å². The van der Waals surface area contributed by atoms with Gasteiger partial charge in [0, 0.05) is 5.56 Å². The van der Waals surface area contributed by atoms with Crippen LogP contribution in [-0.2, 0) is 16.4 Å². The van der Waals surface area contributed by atoms with Gasteiger partial charge in [-0.05, 0) is 48.7 Å². The van der Waals surface area contributed by atoms with Gasteiger partial charge in [-0.1, -0.05) is 30.0 Å². The van der Waals surface area contributed by atoms with Gasteiger partial charge in [0.05, 0.1) is 17.5 Å². The number of hydrogen-bond donors (Lipinski definition) is 1. The number of hydrogen-bond acceptors (Lipinski definition) is 1. The fourth-order valence-electron chi connectivity index (χ4n) is 2.75. The first-order valence-corrected chi connectivity index (χ1v) is 8.02. The second-order valence-electron chi connectivity index (χ2n) is 6.15. The van der Waals surface area contributed by atoms with Gasteiger partial charge in [-0.2, -0.15) is 13.2 Å². The number of rotatable bonds is 3. The van der Waals surface area contributed by atoms with Gasteiger partial charge in [0.25, 0.3) is 0 Å². The third-order valence-electron chi connectivity index (χ3n) is 4.34. The molecule has 2 aromatic carbocycles. The molecule has 0 bridgehead atoms. The maximum absolute atomic E-state index is 13.0. The minimum absolute atomic E-state index is 0.0258. The minimum Gasteiger partial charge on any atom is -0.344 e. The maximum atomic E-state index is 13.0. The number of alkyl halides is 3. The molecule has 0 aliphatic heterocycles. The molecule has 0 heterocycles. The molecule has 6 heteroatoms. The van der Waals surface area contributed by atoms with Crippen molar-refractivity contribution in [3.8, 4) is 11.8 Å². The molecule has 134 valence electrons. The zero-order valence-corrected chi connectivity index (χ0v) is 13.7. The lowest BCUT2D eigenvalue weighted by molar-refractivity contribution is -0.137. The van der Waals surface area contributed by atoms with Crippen LogP contribution in [0.15, 0.2) is 48.5 Å². The highest BCUT2D eigenvalue weighted by Gasteiger charge is 2.50. The van der Waals surface area contributed by atoms with Crippen molar-refractivity contribution in [1.82, 2.24) is 5.32 Å². The fourth-order valence-corrected chi connectivity index (χ4v) is 2.75. The highest BCUT2D eigenvalue weighted by atomic mass is 19.4. The Morgan fingerprint density at radius 3 is 2.42 bits per heavy atom. The van der Waals surface area contributed by atoms with E-state index >= 15 is 0 Å². The molecule has 2 aromatic rings. The van der Waals surface area contributed by atoms with Crippen LogP contribution < -0.4 is 5.32 Å². The van der Waals surface area contributed by atoms with Crippen LogP contribution in [0.4, 0.5) is 17.6 Å². The van der Waals surface area contributed by atoms with Gasteiger partial charge in [-0.15, -0.1) is 0 Å². The van der Waals surface area contributed by atoms with E-state index in [-0.39, 0.29) is 23.8 Å². The Morgan fingerprint density at radius 2 is 1.81 bits per heavy atom. The van der Waals surface area contributed by atoms with Crippen LogP contribution in [0, 0.1) is 17.7 Å². The van der Waals surface area contributed by atoms with Crippen LogP contribution in [0.1, 0.15) is 29.5 Å². The highest BCUT2D eigenvalue weighted by Crippen LogP contribution is 2.48. The molecule has 0 spiro atoms. The molecular weight excluding hydrogens is 346 g/mol. The smallest absolute Gasteiger partial charge is 0.344 e. The fraction of sp³-hybridized carbons (Fsp3) is 0.250. The Morgan fingerprint density at radius 1 is 1.12 bits per heavy atom. The summed E-state index contributed by atoms with van der Waals surface area (Å²) in [6.07, 6.45) is -3.07. The lowest BCUT2D eigenvalue weighted by atomic mass is 9.95. The van der Waals surface area contributed by atoms with Crippen molar-refractivity contribution in [2.75, 3.05) is 6.54 Å². The highest BCUT2D eigenvalue weighted by molar-refractivity contribution is 5.91. The summed E-state index contributed by atoms with van der Waals surface area (Å²) in [4.78, 5) is 12.4. The van der Waals surface area contributed by atoms with E-state index in [9.17, 15) is 22.4 Å². The Kier molecular flexibility index (Phi) is 4.73. The standard InChI is InChI=1S/C20H15F4NO/c21-17-8-6-15(7-9-17)19(10-11-19)18(26)25-12-2-4-14-3-1-5-16(13-14)20(22,23)24/h1,3,5-9,13H,10-12H2,(H,25,26). The molecule has 1 aliphatic rings. The van der Waals surface area contributed by atoms with E-state index in [0.717, 1.165) is 17.7 Å². The average molecular weight is 361 g/mol. The van der Waals surface area contributed by atoms with E-state index < -0.39 is 17.2 Å². The molecule has 0 unspecified atom stereocenters. The summed E-state index contributed by atoms with van der Waals surface area (Å²) in [7, 11) is 0. The van der Waals surface area contributed by atoms with Crippen LogP contribution in [0.3, 0.4) is 0 Å². The summed E-state index contributed by atoms with van der Waals surface area (Å²) in [6, 6.07) is 10.5. The molecule has 0 atom stereocenters. The van der Waals surface area contributed by atoms with Crippen molar-refractivity contribution >= 4 is 5.91 Å². The number of benzene rings is 2. The second-order valence-corrected chi connectivity index (χ2v) is 6.15. The molecule has 1 aliphatic carbocycles. The molecule has 0 saturated heterocycles. The van der Waals surface area contributed by atoms with E-state index in [1.807, 2.05) is 0 Å². The summed E-state index contributed by atoms with van der Waals surface area (Å²) in [5, 5.41) is 2.69. The van der Waals surface area contributed by atoms with Crippen LogP contribution in [0.25, 0.3) is 0 Å². The number of carbonyl (C=O) groups is 1. The third kappa shape index (κ3) is 3.88. The SMILES string of the molecule is O=C(NCC#Cc1cccc(C(F)(F)F)c1)C1(c2ccc(F)cc2)CC1. The predicted octanol–water partition coefficient (Wildman–Crippen LogP) is 4.04. The van der Waals surface area contributed by atoms with Crippen LogP contribution in [-0.4, -0.2) is 12.5 Å². The van der Waals surface area contributed by atoms with Gasteiger partial charge >= 0.3 is 6.18 Å². The first-order chi connectivity index (χ1) is 12.3. The lowest BCUT2D eigenvalue weighted by Crippen LogP contribution is -2.34. The van der Waals surface area contributed by atoms with Crippen molar-refractivity contribution in [3.63, 3.8) is 0 Å². The summed E-state index contributed by atoms with van der Waals surface area (Å²) in [5.41, 5.74) is -0.427. The quantitative estimate of drug-likeness (QED) is 0.649. The summed E-state index contributed by atoms with van der Waals surface area (Å²) >= 11 is 0. The topological polar surface area (TPSA) is 29.1 Å². The van der Waals surface area contributed by atoms with Gasteiger partial charge in [-0.3, -0.25) is 4.79 Å². The van der Waals surface area contributed by atoms with Crippen LogP contribution in [0.5, 0.6) is 0 Å². The molecule has 1 N–H and O–H groups in total. The first kappa shape index (κ1) is 18.0. The van der Waals surface area contributed by atoms with Gasteiger partial charge < -0.3 is 5.32 Å². The molecular formula is C20H15F4NO. The largest absolute Gasteiger partial charge is 0.416 e. The normalized spacial score (nSPS) is 14.9. The summed E-state index contributed by atoms with van der Waals surface area (Å²) < 4.78 is 51.0. The average Bonchev–Trinajstić information content (AvgIpc) is 3.41. The number of halogens is 4. The van der Waals surface area contributed by atoms with E-state index in [1.165, 1.54) is 24.3 Å². The molecule has 0 radical (unpaired) electrons. The Hall–Kier alpha value is -2.81. The van der Waals surface area contributed by atoms with Crippen molar-refractivity contribution in [1.29, 1.82) is 0 Å². The summed E-state index contributed by atoms with van der Waals surface area (Å²) in [6.45, 7) is 0.0258. The molecule has 0 aromatic heterocycles. The molecule has 26 heavy (non-hydrogen) atoms. The first-order valence-electron chi connectivity index (χ1n) is 8.02. The second kappa shape index (κ2) is 6.83. The van der Waals surface area contributed by atoms with E-state index in [4.69, 9.17) is 0 Å². The molecule has 2 nitrogen and oxygen atoms in total. The Labute approximate surface area is 148 Å². The van der Waals surface area contributed by atoms with Crippen LogP contribution in [0.2, 0.25) is 0 Å². The molecule has 1 fully saturated rings. The lowest BCUT2D eigenvalue weighted by Gasteiger charge is -2.14. The molecule has 3 rings (SSSR count). The maximum Gasteiger partial charge on any atom is 0.416 e. The number of amides is 1. The van der Waals surface area contributed by atoms with Crippen molar-refractivity contribution in [3.05, 3.63) is 71.0 Å². The predicted molar refractivity (Wildman–Crippen MR) is 88.6 cm³/mol. The van der Waals surface area contributed by atoms with E-state index in [2.05, 4.69) is 17.2 Å². The third-order valence-corrected chi connectivity index (χ3v) is 4.34. The van der Waals surface area contributed by atoms with Crippen molar-refractivity contribution in [2.45, 2.75) is 24.4 Å². The number of carbonyl (C=O) groups excluding carboxylic acids is 1. The zero-order chi connectivity index (χ0) is 18.8. The Bertz CT molecular complexity index is 871. The zero-order valence-electron chi connectivity index (χ0n) is 13.7. The van der Waals surface area contributed by atoms with Gasteiger partial charge in [0.2, 0.25) is 5.91 Å². The monoisotopic (exact) mass is 361 g/mol. The van der Waals surface area contributed by atoms with Crippen LogP contribution >= 0.6 is 0 Å². The summed E-state index contributed by atoms with van der Waals surface area (Å²) in [5.74, 6) is 4.71. The Balaban J connectivity index is 1.62. The minimum atomic E-state index is -4.42. The number of nitrogens with one attached hydrogen (secondary N) is 1. The van der Waals surface area contributed by atoms with Gasteiger partial charge in [-0.25, -0.2) is 4.39 Å². The van der Waals surface area contributed by atoms with Gasteiger partial charge in [0.1, 0.15) is 5.82 Å². The van der Waals surface area contributed by atoms with Crippen molar-refractivity contribution < 1.29 is 22.4 Å². The molecule has 1 amide bonds. The van der Waals surface area contributed by atoms with E-state index in [1.54, 1.807) is 12.1 Å².